The average Bonchev–Trinajstić information content (AvgIpc) is 3.15. The van der Waals surface area contributed by atoms with Gasteiger partial charge in [0.25, 0.3) is 0 Å². The van der Waals surface area contributed by atoms with Gasteiger partial charge in [-0.15, -0.1) is 0 Å². The first kappa shape index (κ1) is 15.8. The predicted octanol–water partition coefficient (Wildman–Crippen LogP) is 1.78. The highest BCUT2D eigenvalue weighted by Gasteiger charge is 2.22. The summed E-state index contributed by atoms with van der Waals surface area (Å²) in [5, 5.41) is 5.06. The van der Waals surface area contributed by atoms with Crippen molar-refractivity contribution >= 4 is 23.5 Å². The molecule has 0 atom stereocenters. The lowest BCUT2D eigenvalue weighted by Crippen LogP contribution is -2.35. The smallest absolute Gasteiger partial charge is 0.316 e. The number of thioether (sulfide) groups is 1. The molecule has 0 N–H and O–H groups in total. The normalized spacial score (nSPS) is 15.6. The summed E-state index contributed by atoms with van der Waals surface area (Å²) in [6.07, 6.45) is 9.35. The first-order valence-corrected chi connectivity index (χ1v) is 8.50. The highest BCUT2D eigenvalue weighted by atomic mass is 32.2. The third kappa shape index (κ3) is 4.01. The van der Waals surface area contributed by atoms with E-state index in [1.54, 1.807) is 12.4 Å². The number of aromatic nitrogens is 4. The first-order chi connectivity index (χ1) is 11.3. The molecule has 0 saturated carbocycles. The van der Waals surface area contributed by atoms with Crippen LogP contribution in [0.5, 0.6) is 0 Å². The fourth-order valence-electron chi connectivity index (χ4n) is 2.61. The van der Waals surface area contributed by atoms with E-state index in [1.165, 1.54) is 18.9 Å². The maximum atomic E-state index is 11.2. The van der Waals surface area contributed by atoms with Crippen molar-refractivity contribution in [3.63, 3.8) is 0 Å². The summed E-state index contributed by atoms with van der Waals surface area (Å²) in [5.41, 5.74) is 0. The molecule has 0 aliphatic carbocycles. The van der Waals surface area contributed by atoms with E-state index in [4.69, 9.17) is 0 Å². The van der Waals surface area contributed by atoms with Crippen molar-refractivity contribution in [2.45, 2.75) is 23.9 Å². The quantitative estimate of drug-likeness (QED) is 0.610. The SMILES string of the molecule is COC(=O)CSc1cncc(N2CCC(n3cccn3)CC2)n1. The lowest BCUT2D eigenvalue weighted by Gasteiger charge is -2.32. The average molecular weight is 333 g/mol. The van der Waals surface area contributed by atoms with Crippen molar-refractivity contribution in [2.24, 2.45) is 0 Å². The molecule has 0 bridgehead atoms. The molecule has 0 amide bonds. The second-order valence-corrected chi connectivity index (χ2v) is 6.28. The van der Waals surface area contributed by atoms with Gasteiger partial charge in [0.15, 0.2) is 0 Å². The van der Waals surface area contributed by atoms with Gasteiger partial charge in [0.1, 0.15) is 10.8 Å². The third-order valence-electron chi connectivity index (χ3n) is 3.85. The fourth-order valence-corrected chi connectivity index (χ4v) is 3.29. The van der Waals surface area contributed by atoms with Gasteiger partial charge in [0.2, 0.25) is 0 Å². The van der Waals surface area contributed by atoms with Crippen LogP contribution in [0.15, 0.2) is 35.9 Å². The molecule has 2 aromatic heterocycles. The summed E-state index contributed by atoms with van der Waals surface area (Å²) < 4.78 is 6.67. The molecule has 122 valence electrons. The van der Waals surface area contributed by atoms with Crippen molar-refractivity contribution in [2.75, 3.05) is 30.9 Å². The molecular formula is C15H19N5O2S. The van der Waals surface area contributed by atoms with Gasteiger partial charge in [-0.25, -0.2) is 4.98 Å². The molecule has 3 heterocycles. The maximum absolute atomic E-state index is 11.2. The van der Waals surface area contributed by atoms with Crippen LogP contribution in [0, 0.1) is 0 Å². The predicted molar refractivity (Wildman–Crippen MR) is 87.5 cm³/mol. The van der Waals surface area contributed by atoms with E-state index in [0.717, 1.165) is 36.8 Å². The van der Waals surface area contributed by atoms with Gasteiger partial charge in [0.05, 0.1) is 31.3 Å². The molecule has 7 nitrogen and oxygen atoms in total. The van der Waals surface area contributed by atoms with Gasteiger partial charge in [-0.2, -0.15) is 5.10 Å². The van der Waals surface area contributed by atoms with Crippen LogP contribution in [-0.4, -0.2) is 51.7 Å². The number of ether oxygens (including phenoxy) is 1. The van der Waals surface area contributed by atoms with Crippen LogP contribution in [0.2, 0.25) is 0 Å². The molecule has 3 rings (SSSR count). The largest absolute Gasteiger partial charge is 0.468 e. The molecule has 2 aromatic rings. The van der Waals surface area contributed by atoms with Crippen LogP contribution in [0.25, 0.3) is 0 Å². The molecule has 1 fully saturated rings. The van der Waals surface area contributed by atoms with E-state index in [1.807, 2.05) is 23.1 Å². The second-order valence-electron chi connectivity index (χ2n) is 5.28. The van der Waals surface area contributed by atoms with Gasteiger partial charge < -0.3 is 9.64 Å². The molecule has 23 heavy (non-hydrogen) atoms. The summed E-state index contributed by atoms with van der Waals surface area (Å²) in [7, 11) is 1.38. The fraction of sp³-hybridized carbons (Fsp3) is 0.467. The number of hydrogen-bond donors (Lipinski definition) is 0. The van der Waals surface area contributed by atoms with Crippen molar-refractivity contribution in [3.05, 3.63) is 30.9 Å². The number of rotatable bonds is 5. The minimum absolute atomic E-state index is 0.246. The molecule has 0 radical (unpaired) electrons. The Morgan fingerprint density at radius 2 is 2.22 bits per heavy atom. The molecule has 1 saturated heterocycles. The van der Waals surface area contributed by atoms with E-state index in [0.29, 0.717) is 6.04 Å². The zero-order valence-electron chi connectivity index (χ0n) is 13.0. The van der Waals surface area contributed by atoms with E-state index >= 15 is 0 Å². The molecule has 0 aromatic carbocycles. The molecule has 0 unspecified atom stereocenters. The summed E-state index contributed by atoms with van der Waals surface area (Å²) in [6, 6.07) is 2.41. The van der Waals surface area contributed by atoms with Gasteiger partial charge in [-0.05, 0) is 18.9 Å². The standard InChI is InChI=1S/C15H19N5O2S/c1-22-15(21)11-23-14-10-16-9-13(18-14)19-7-3-12(4-8-19)20-6-2-5-17-20/h2,5-6,9-10,12H,3-4,7-8,11H2,1H3. The Labute approximate surface area is 139 Å². The lowest BCUT2D eigenvalue weighted by molar-refractivity contribution is -0.137. The Morgan fingerprint density at radius 1 is 1.39 bits per heavy atom. The highest BCUT2D eigenvalue weighted by molar-refractivity contribution is 7.99. The van der Waals surface area contributed by atoms with Gasteiger partial charge in [-0.1, -0.05) is 11.8 Å². The summed E-state index contributed by atoms with van der Waals surface area (Å²) in [4.78, 5) is 22.3. The summed E-state index contributed by atoms with van der Waals surface area (Å²) >= 11 is 1.34. The minimum Gasteiger partial charge on any atom is -0.468 e. The zero-order valence-corrected chi connectivity index (χ0v) is 13.8. The van der Waals surface area contributed by atoms with Gasteiger partial charge in [-0.3, -0.25) is 14.5 Å². The Hall–Kier alpha value is -2.09. The number of carbonyl (C=O) groups is 1. The number of piperidine rings is 1. The zero-order chi connectivity index (χ0) is 16.1. The van der Waals surface area contributed by atoms with Crippen molar-refractivity contribution in [1.29, 1.82) is 0 Å². The Morgan fingerprint density at radius 3 is 2.91 bits per heavy atom. The maximum Gasteiger partial charge on any atom is 0.316 e. The molecule has 8 heteroatoms. The Bertz CT molecular complexity index is 641. The Balaban J connectivity index is 1.58. The van der Waals surface area contributed by atoms with E-state index in [9.17, 15) is 4.79 Å². The minimum atomic E-state index is -0.262. The third-order valence-corrected chi connectivity index (χ3v) is 4.73. The van der Waals surface area contributed by atoms with E-state index in [-0.39, 0.29) is 11.7 Å². The first-order valence-electron chi connectivity index (χ1n) is 7.52. The van der Waals surface area contributed by atoms with Crippen molar-refractivity contribution in [3.8, 4) is 0 Å². The monoisotopic (exact) mass is 333 g/mol. The van der Waals surface area contributed by atoms with Crippen LogP contribution in [0.4, 0.5) is 5.82 Å². The van der Waals surface area contributed by atoms with E-state index < -0.39 is 0 Å². The number of nitrogens with zero attached hydrogens (tertiary/aromatic N) is 5. The van der Waals surface area contributed by atoms with Crippen LogP contribution in [-0.2, 0) is 9.53 Å². The van der Waals surface area contributed by atoms with E-state index in [2.05, 4.69) is 24.7 Å². The lowest BCUT2D eigenvalue weighted by atomic mass is 10.1. The molecule has 1 aliphatic rings. The van der Waals surface area contributed by atoms with Crippen molar-refractivity contribution in [1.82, 2.24) is 19.7 Å². The topological polar surface area (TPSA) is 73.1 Å². The summed E-state index contributed by atoms with van der Waals surface area (Å²) in [5.74, 6) is 0.844. The van der Waals surface area contributed by atoms with Crippen LogP contribution in [0.3, 0.4) is 0 Å². The van der Waals surface area contributed by atoms with Crippen LogP contribution >= 0.6 is 11.8 Å². The number of methoxy groups -OCH3 is 1. The number of carbonyl (C=O) groups excluding carboxylic acids is 1. The second kappa shape index (κ2) is 7.45. The van der Waals surface area contributed by atoms with Crippen molar-refractivity contribution < 1.29 is 9.53 Å². The summed E-state index contributed by atoms with van der Waals surface area (Å²) in [6.45, 7) is 1.84. The number of esters is 1. The Kier molecular flexibility index (Phi) is 5.12. The number of anilines is 1. The van der Waals surface area contributed by atoms with Gasteiger partial charge in [0, 0.05) is 25.5 Å². The molecule has 0 spiro atoms. The molecule has 1 aliphatic heterocycles. The molecular weight excluding hydrogens is 314 g/mol. The van der Waals surface area contributed by atoms with Crippen LogP contribution in [0.1, 0.15) is 18.9 Å². The van der Waals surface area contributed by atoms with Gasteiger partial charge >= 0.3 is 5.97 Å². The highest BCUT2D eigenvalue weighted by Crippen LogP contribution is 2.25. The van der Waals surface area contributed by atoms with Crippen LogP contribution < -0.4 is 4.90 Å². The number of hydrogen-bond acceptors (Lipinski definition) is 7.